The lowest BCUT2D eigenvalue weighted by molar-refractivity contribution is -0.144. The van der Waals surface area contributed by atoms with Crippen LogP contribution in [0.4, 0.5) is 24.5 Å². The molecule has 0 radical (unpaired) electrons. The lowest BCUT2D eigenvalue weighted by Crippen LogP contribution is -2.65. The van der Waals surface area contributed by atoms with E-state index < -0.39 is 64.2 Å². The standard InChI is InChI=1S/C28H31FN6O9S/c1-3-35(26(39)40)45(42,43)32-14-21(15-32)33(13-17-4-6-19(29)7-5-17)23(36)16-34-24(37)28(44-27(34)41)11-10-18-12-20(8-9-22(18)28)31-25(38)30-2/h4-9,12,21H,3,10-11,13-16H2,1-2H3,(H,39,40)(H2,30,31,38)/t28-/m1/s1. The summed E-state index contributed by atoms with van der Waals surface area (Å²) in [7, 11) is -2.90. The first-order valence-electron chi connectivity index (χ1n) is 14.0. The number of carbonyl (C=O) groups excluding carboxylic acids is 4. The average molecular weight is 647 g/mol. The van der Waals surface area contributed by atoms with Crippen molar-refractivity contribution in [3.8, 4) is 0 Å². The number of urea groups is 1. The second-order valence-corrected chi connectivity index (χ2v) is 12.6. The van der Waals surface area contributed by atoms with Crippen LogP contribution in [0, 0.1) is 5.82 Å². The molecule has 0 saturated carbocycles. The lowest BCUT2D eigenvalue weighted by atomic mass is 9.94. The minimum atomic E-state index is -4.37. The first kappa shape index (κ1) is 31.6. The summed E-state index contributed by atoms with van der Waals surface area (Å²) in [6.45, 7) is -0.211. The van der Waals surface area contributed by atoms with Gasteiger partial charge in [-0.25, -0.2) is 23.7 Å². The number of amides is 6. The van der Waals surface area contributed by atoms with Gasteiger partial charge in [-0.1, -0.05) is 18.2 Å². The zero-order valence-electron chi connectivity index (χ0n) is 24.4. The molecule has 2 aromatic rings. The lowest BCUT2D eigenvalue weighted by Gasteiger charge is -2.45. The number of nitrogens with zero attached hydrogens (tertiary/aromatic N) is 4. The number of benzene rings is 2. The number of ether oxygens (including phenoxy) is 1. The van der Waals surface area contributed by atoms with Gasteiger partial charge in [0.25, 0.3) is 5.91 Å². The molecule has 1 spiro atoms. The van der Waals surface area contributed by atoms with Crippen LogP contribution in [0.3, 0.4) is 0 Å². The molecule has 15 nitrogen and oxygen atoms in total. The second kappa shape index (κ2) is 12.0. The molecule has 17 heteroatoms. The Kier molecular flexibility index (Phi) is 8.41. The number of halogens is 1. The smallest absolute Gasteiger partial charge is 0.422 e. The van der Waals surface area contributed by atoms with Crippen LogP contribution in [0.1, 0.15) is 30.0 Å². The predicted molar refractivity (Wildman–Crippen MR) is 154 cm³/mol. The predicted octanol–water partition coefficient (Wildman–Crippen LogP) is 1.66. The maximum atomic E-state index is 13.7. The number of hydrogen-bond donors (Lipinski definition) is 3. The molecule has 3 N–H and O–H groups in total. The van der Waals surface area contributed by atoms with Gasteiger partial charge in [0.05, 0.1) is 6.04 Å². The third-order valence-electron chi connectivity index (χ3n) is 8.10. The van der Waals surface area contributed by atoms with Gasteiger partial charge in [0.2, 0.25) is 11.5 Å². The number of carbonyl (C=O) groups is 5. The molecule has 1 aliphatic carbocycles. The molecule has 2 fully saturated rings. The van der Waals surface area contributed by atoms with Gasteiger partial charge in [-0.05, 0) is 48.7 Å². The number of imide groups is 1. The van der Waals surface area contributed by atoms with Gasteiger partial charge in [-0.15, -0.1) is 0 Å². The van der Waals surface area contributed by atoms with E-state index in [1.54, 1.807) is 18.2 Å². The molecule has 2 heterocycles. The van der Waals surface area contributed by atoms with Crippen LogP contribution in [0.15, 0.2) is 42.5 Å². The normalized spacial score (nSPS) is 19.6. The summed E-state index contributed by atoms with van der Waals surface area (Å²) in [4.78, 5) is 65.6. The van der Waals surface area contributed by atoms with E-state index in [0.29, 0.717) is 33.7 Å². The highest BCUT2D eigenvalue weighted by Gasteiger charge is 2.58. The van der Waals surface area contributed by atoms with Gasteiger partial charge in [0, 0.05) is 50.9 Å². The summed E-state index contributed by atoms with van der Waals surface area (Å²) < 4.78 is 46.0. The van der Waals surface area contributed by atoms with Crippen LogP contribution in [0.2, 0.25) is 0 Å². The quantitative estimate of drug-likeness (QED) is 0.364. The number of nitrogens with one attached hydrogen (secondary N) is 2. The zero-order chi connectivity index (χ0) is 32.7. The van der Waals surface area contributed by atoms with Crippen molar-refractivity contribution >= 4 is 45.9 Å². The summed E-state index contributed by atoms with van der Waals surface area (Å²) in [6, 6.07) is 8.95. The van der Waals surface area contributed by atoms with E-state index in [1.165, 1.54) is 43.1 Å². The molecule has 240 valence electrons. The van der Waals surface area contributed by atoms with Gasteiger partial charge in [-0.2, -0.15) is 17.0 Å². The zero-order valence-corrected chi connectivity index (χ0v) is 25.2. The highest BCUT2D eigenvalue weighted by Crippen LogP contribution is 2.46. The largest absolute Gasteiger partial charge is 0.464 e. The van der Waals surface area contributed by atoms with Gasteiger partial charge in [0.1, 0.15) is 12.4 Å². The Morgan fingerprint density at radius 2 is 1.82 bits per heavy atom. The molecule has 0 aromatic heterocycles. The molecular weight excluding hydrogens is 615 g/mol. The molecule has 3 aliphatic rings. The topological polar surface area (TPSA) is 186 Å². The van der Waals surface area contributed by atoms with Crippen molar-refractivity contribution < 1.29 is 46.6 Å². The van der Waals surface area contributed by atoms with Gasteiger partial charge < -0.3 is 25.4 Å². The molecule has 45 heavy (non-hydrogen) atoms. The number of fused-ring (bicyclic) bond motifs is 2. The van der Waals surface area contributed by atoms with Crippen molar-refractivity contribution in [2.24, 2.45) is 0 Å². The van der Waals surface area contributed by atoms with E-state index in [-0.39, 0.29) is 36.9 Å². The minimum absolute atomic E-state index is 0.0970. The van der Waals surface area contributed by atoms with Crippen molar-refractivity contribution in [2.75, 3.05) is 38.5 Å². The molecule has 5 rings (SSSR count). The van der Waals surface area contributed by atoms with Crippen LogP contribution in [-0.4, -0.2) is 101 Å². The average Bonchev–Trinajstić information content (AvgIpc) is 3.44. The number of carboxylic acid groups (broad SMARTS) is 1. The van der Waals surface area contributed by atoms with Gasteiger partial charge in [0.15, 0.2) is 0 Å². The third kappa shape index (κ3) is 5.75. The van der Waals surface area contributed by atoms with E-state index in [1.807, 2.05) is 0 Å². The van der Waals surface area contributed by atoms with Crippen molar-refractivity contribution in [3.05, 3.63) is 65.0 Å². The molecular formula is C28H31FN6O9S. The first-order valence-corrected chi connectivity index (χ1v) is 15.4. The van der Waals surface area contributed by atoms with Crippen LogP contribution in [0.25, 0.3) is 0 Å². The maximum absolute atomic E-state index is 13.7. The molecule has 2 aromatic carbocycles. The minimum Gasteiger partial charge on any atom is -0.464 e. The number of rotatable bonds is 9. The van der Waals surface area contributed by atoms with Gasteiger partial charge in [-0.3, -0.25) is 9.59 Å². The highest BCUT2D eigenvalue weighted by molar-refractivity contribution is 7.87. The Hall–Kier alpha value is -4.77. The molecule has 0 bridgehead atoms. The summed E-state index contributed by atoms with van der Waals surface area (Å²) >= 11 is 0. The number of hydrogen-bond acceptors (Lipinski definition) is 8. The summed E-state index contributed by atoms with van der Waals surface area (Å²) in [5, 5.41) is 14.4. The Bertz CT molecular complexity index is 1660. The molecule has 1 atom stereocenters. The Morgan fingerprint density at radius 1 is 1.13 bits per heavy atom. The maximum Gasteiger partial charge on any atom is 0.422 e. The van der Waals surface area contributed by atoms with Crippen molar-refractivity contribution in [2.45, 2.75) is 38.0 Å². The van der Waals surface area contributed by atoms with Crippen molar-refractivity contribution in [1.29, 1.82) is 0 Å². The van der Waals surface area contributed by atoms with Crippen LogP contribution in [0.5, 0.6) is 0 Å². The summed E-state index contributed by atoms with van der Waals surface area (Å²) in [5.41, 5.74) is 0.480. The van der Waals surface area contributed by atoms with Crippen LogP contribution in [-0.2, 0) is 43.1 Å². The monoisotopic (exact) mass is 646 g/mol. The van der Waals surface area contributed by atoms with Crippen molar-refractivity contribution in [1.82, 2.24) is 23.7 Å². The fourth-order valence-corrected chi connectivity index (χ4v) is 7.22. The fourth-order valence-electron chi connectivity index (χ4n) is 5.70. The Balaban J connectivity index is 1.35. The third-order valence-corrected chi connectivity index (χ3v) is 10.0. The van der Waals surface area contributed by atoms with E-state index in [9.17, 15) is 41.9 Å². The molecule has 2 saturated heterocycles. The molecule has 0 unspecified atom stereocenters. The first-order chi connectivity index (χ1) is 21.3. The SMILES string of the molecule is CCN(C(=O)O)S(=O)(=O)N1CC(N(Cc2ccc(F)cc2)C(=O)CN2C(=O)O[C@@]3(CCc4cc(NC(=O)NC)ccc43)C2=O)C1. The van der Waals surface area contributed by atoms with Crippen LogP contribution >= 0.6 is 0 Å². The van der Waals surface area contributed by atoms with E-state index in [2.05, 4.69) is 10.6 Å². The summed E-state index contributed by atoms with van der Waals surface area (Å²) in [5.74, 6) is -1.93. The van der Waals surface area contributed by atoms with E-state index in [0.717, 1.165) is 4.31 Å². The summed E-state index contributed by atoms with van der Waals surface area (Å²) in [6.07, 6.45) is -2.16. The Labute approximate surface area is 257 Å². The fraction of sp³-hybridized carbons (Fsp3) is 0.393. The van der Waals surface area contributed by atoms with Crippen molar-refractivity contribution in [3.63, 3.8) is 0 Å². The van der Waals surface area contributed by atoms with Crippen LogP contribution < -0.4 is 10.6 Å². The number of anilines is 1. The second-order valence-electron chi connectivity index (χ2n) is 10.7. The number of aryl methyl sites for hydroxylation is 1. The Morgan fingerprint density at radius 3 is 2.44 bits per heavy atom. The highest BCUT2D eigenvalue weighted by atomic mass is 32.2. The molecule has 6 amide bonds. The van der Waals surface area contributed by atoms with Gasteiger partial charge >= 0.3 is 28.4 Å². The molecule has 2 aliphatic heterocycles. The van der Waals surface area contributed by atoms with E-state index in [4.69, 9.17) is 4.74 Å². The van der Waals surface area contributed by atoms with E-state index >= 15 is 0 Å².